The molecular formula is C10H19N3O4S. The van der Waals surface area contributed by atoms with Gasteiger partial charge in [0.25, 0.3) is 10.2 Å². The van der Waals surface area contributed by atoms with E-state index in [0.29, 0.717) is 32.7 Å². The van der Waals surface area contributed by atoms with Gasteiger partial charge in [-0.1, -0.05) is 0 Å². The van der Waals surface area contributed by atoms with Gasteiger partial charge in [0.15, 0.2) is 0 Å². The molecule has 2 aliphatic rings. The van der Waals surface area contributed by atoms with Crippen LogP contribution in [0.2, 0.25) is 0 Å². The van der Waals surface area contributed by atoms with E-state index in [1.807, 2.05) is 4.90 Å². The molecule has 0 amide bonds. The molecule has 18 heavy (non-hydrogen) atoms. The maximum Gasteiger partial charge on any atom is 0.304 e. The summed E-state index contributed by atoms with van der Waals surface area (Å²) in [5, 5.41) is 8.59. The highest BCUT2D eigenvalue weighted by atomic mass is 32.2. The molecule has 1 aliphatic heterocycles. The highest BCUT2D eigenvalue weighted by molar-refractivity contribution is 7.87. The van der Waals surface area contributed by atoms with Gasteiger partial charge in [-0.15, -0.1) is 0 Å². The van der Waals surface area contributed by atoms with Crippen molar-refractivity contribution in [1.29, 1.82) is 0 Å². The summed E-state index contributed by atoms with van der Waals surface area (Å²) >= 11 is 0. The van der Waals surface area contributed by atoms with Crippen molar-refractivity contribution in [3.8, 4) is 0 Å². The molecule has 8 heteroatoms. The van der Waals surface area contributed by atoms with E-state index in [-0.39, 0.29) is 12.5 Å². The zero-order valence-corrected chi connectivity index (χ0v) is 11.0. The van der Waals surface area contributed by atoms with Gasteiger partial charge in [-0.2, -0.15) is 17.4 Å². The standard InChI is InChI=1S/C10H19N3O4S/c14-10(15)3-4-12-5-7-13(8-6-12)18(16,17)11-9-1-2-9/h9,11H,1-8H2,(H,14,15). The van der Waals surface area contributed by atoms with Crippen molar-refractivity contribution >= 4 is 16.2 Å². The number of hydrogen-bond donors (Lipinski definition) is 2. The quantitative estimate of drug-likeness (QED) is 0.655. The van der Waals surface area contributed by atoms with Crippen LogP contribution < -0.4 is 4.72 Å². The first-order valence-corrected chi connectivity index (χ1v) is 7.63. The Labute approximate surface area is 107 Å². The molecule has 0 aromatic carbocycles. The Kier molecular flexibility index (Phi) is 4.21. The number of rotatable bonds is 6. The Morgan fingerprint density at radius 3 is 2.33 bits per heavy atom. The van der Waals surface area contributed by atoms with Gasteiger partial charge in [0.2, 0.25) is 0 Å². The monoisotopic (exact) mass is 277 g/mol. The van der Waals surface area contributed by atoms with Crippen LogP contribution in [-0.2, 0) is 15.0 Å². The summed E-state index contributed by atoms with van der Waals surface area (Å²) in [7, 11) is -3.33. The van der Waals surface area contributed by atoms with Crippen molar-refractivity contribution in [3.63, 3.8) is 0 Å². The molecule has 2 fully saturated rings. The molecule has 0 bridgehead atoms. The van der Waals surface area contributed by atoms with E-state index >= 15 is 0 Å². The van der Waals surface area contributed by atoms with Gasteiger partial charge in [0.1, 0.15) is 0 Å². The fourth-order valence-electron chi connectivity index (χ4n) is 1.93. The maximum absolute atomic E-state index is 11.9. The summed E-state index contributed by atoms with van der Waals surface area (Å²) < 4.78 is 27.9. The van der Waals surface area contributed by atoms with Crippen LogP contribution >= 0.6 is 0 Å². The average Bonchev–Trinajstić information content (AvgIpc) is 3.10. The molecule has 7 nitrogen and oxygen atoms in total. The third-order valence-corrected chi connectivity index (χ3v) is 4.88. The Bertz CT molecular complexity index is 399. The second-order valence-electron chi connectivity index (χ2n) is 4.78. The topological polar surface area (TPSA) is 90.0 Å². The first kappa shape index (κ1) is 13.7. The summed E-state index contributed by atoms with van der Waals surface area (Å²) in [6.07, 6.45) is 1.96. The van der Waals surface area contributed by atoms with Crippen LogP contribution in [0.4, 0.5) is 0 Å². The lowest BCUT2D eigenvalue weighted by molar-refractivity contribution is -0.137. The molecule has 0 unspecified atom stereocenters. The van der Waals surface area contributed by atoms with E-state index in [0.717, 1.165) is 12.8 Å². The highest BCUT2D eigenvalue weighted by Gasteiger charge is 2.32. The minimum absolute atomic E-state index is 0.104. The van der Waals surface area contributed by atoms with Gasteiger partial charge in [-0.3, -0.25) is 4.79 Å². The molecule has 0 spiro atoms. The Morgan fingerprint density at radius 1 is 1.22 bits per heavy atom. The number of aliphatic carboxylic acids is 1. The second kappa shape index (κ2) is 5.52. The van der Waals surface area contributed by atoms with Crippen molar-refractivity contribution < 1.29 is 18.3 Å². The zero-order valence-electron chi connectivity index (χ0n) is 10.2. The molecule has 0 radical (unpaired) electrons. The Morgan fingerprint density at radius 2 is 1.83 bits per heavy atom. The summed E-state index contributed by atoms with van der Waals surface area (Å²) in [5.41, 5.74) is 0. The number of hydrogen-bond acceptors (Lipinski definition) is 4. The van der Waals surface area contributed by atoms with Gasteiger partial charge in [-0.05, 0) is 12.8 Å². The fourth-order valence-corrected chi connectivity index (χ4v) is 3.38. The van der Waals surface area contributed by atoms with Gasteiger partial charge >= 0.3 is 5.97 Å². The molecule has 104 valence electrons. The first-order valence-electron chi connectivity index (χ1n) is 6.19. The van der Waals surface area contributed by atoms with Crippen molar-refractivity contribution in [1.82, 2.24) is 13.9 Å². The third kappa shape index (κ3) is 3.91. The van der Waals surface area contributed by atoms with Crippen LogP contribution in [-0.4, -0.2) is 67.5 Å². The molecule has 0 aromatic rings. The van der Waals surface area contributed by atoms with Crippen molar-refractivity contribution in [2.45, 2.75) is 25.3 Å². The van der Waals surface area contributed by atoms with Crippen LogP contribution in [0.25, 0.3) is 0 Å². The van der Waals surface area contributed by atoms with E-state index < -0.39 is 16.2 Å². The van der Waals surface area contributed by atoms with Crippen molar-refractivity contribution in [2.24, 2.45) is 0 Å². The van der Waals surface area contributed by atoms with Crippen LogP contribution in [0.1, 0.15) is 19.3 Å². The molecule has 0 atom stereocenters. The number of nitrogens with one attached hydrogen (secondary N) is 1. The smallest absolute Gasteiger partial charge is 0.304 e. The summed E-state index contributed by atoms with van der Waals surface area (Å²) in [4.78, 5) is 12.4. The minimum Gasteiger partial charge on any atom is -0.481 e. The number of carboxylic acids is 1. The molecule has 1 heterocycles. The van der Waals surface area contributed by atoms with Crippen LogP contribution in [0.5, 0.6) is 0 Å². The molecule has 2 N–H and O–H groups in total. The van der Waals surface area contributed by atoms with Crippen molar-refractivity contribution in [2.75, 3.05) is 32.7 Å². The van der Waals surface area contributed by atoms with E-state index in [1.165, 1.54) is 4.31 Å². The average molecular weight is 277 g/mol. The predicted molar refractivity (Wildman–Crippen MR) is 65.3 cm³/mol. The zero-order chi connectivity index (χ0) is 13.2. The van der Waals surface area contributed by atoms with Crippen LogP contribution in [0, 0.1) is 0 Å². The summed E-state index contributed by atoms with van der Waals surface area (Å²) in [6.45, 7) is 2.54. The highest BCUT2D eigenvalue weighted by Crippen LogP contribution is 2.21. The molecular weight excluding hydrogens is 258 g/mol. The SMILES string of the molecule is O=C(O)CCN1CCN(S(=O)(=O)NC2CC2)CC1. The van der Waals surface area contributed by atoms with Gasteiger partial charge in [0, 0.05) is 38.8 Å². The second-order valence-corrected chi connectivity index (χ2v) is 6.48. The number of nitrogens with zero attached hydrogens (tertiary/aromatic N) is 2. The Hall–Kier alpha value is -0.700. The summed E-state index contributed by atoms with van der Waals surface area (Å²) in [6, 6.07) is 0.125. The van der Waals surface area contributed by atoms with E-state index in [2.05, 4.69) is 4.72 Å². The van der Waals surface area contributed by atoms with E-state index in [4.69, 9.17) is 5.11 Å². The van der Waals surface area contributed by atoms with Crippen LogP contribution in [0.15, 0.2) is 0 Å². The third-order valence-electron chi connectivity index (χ3n) is 3.21. The Balaban J connectivity index is 1.76. The molecule has 1 saturated heterocycles. The lowest BCUT2D eigenvalue weighted by Gasteiger charge is -2.33. The minimum atomic E-state index is -3.33. The number of carboxylic acid groups (broad SMARTS) is 1. The largest absolute Gasteiger partial charge is 0.481 e. The van der Waals surface area contributed by atoms with E-state index in [9.17, 15) is 13.2 Å². The first-order chi connectivity index (χ1) is 8.47. The molecule has 1 saturated carbocycles. The predicted octanol–water partition coefficient (Wildman–Crippen LogP) is -0.924. The maximum atomic E-state index is 11.9. The summed E-state index contributed by atoms with van der Waals surface area (Å²) in [5.74, 6) is -0.819. The molecule has 2 rings (SSSR count). The lowest BCUT2D eigenvalue weighted by Crippen LogP contribution is -2.52. The van der Waals surface area contributed by atoms with Gasteiger partial charge < -0.3 is 10.0 Å². The van der Waals surface area contributed by atoms with Crippen LogP contribution in [0.3, 0.4) is 0 Å². The fraction of sp³-hybridized carbons (Fsp3) is 0.900. The van der Waals surface area contributed by atoms with Gasteiger partial charge in [-0.25, -0.2) is 0 Å². The van der Waals surface area contributed by atoms with Crippen molar-refractivity contribution in [3.05, 3.63) is 0 Å². The normalized spacial score (nSPS) is 23.1. The van der Waals surface area contributed by atoms with Gasteiger partial charge in [0.05, 0.1) is 6.42 Å². The molecule has 0 aromatic heterocycles. The lowest BCUT2D eigenvalue weighted by atomic mass is 10.3. The number of carbonyl (C=O) groups is 1. The number of piperazine rings is 1. The van der Waals surface area contributed by atoms with E-state index in [1.54, 1.807) is 0 Å². The molecule has 1 aliphatic carbocycles.